The van der Waals surface area contributed by atoms with Crippen LogP contribution in [-0.2, 0) is 0 Å². The normalized spacial score (nSPS) is 22.4. The van der Waals surface area contributed by atoms with Crippen LogP contribution in [-0.4, -0.2) is 35.6 Å². The molecule has 1 aromatic rings. The molecule has 0 radical (unpaired) electrons. The van der Waals surface area contributed by atoms with Crippen LogP contribution >= 0.6 is 23.2 Å². The fraction of sp³-hybridized carbons (Fsp3) is 0.462. The molecule has 0 unspecified atom stereocenters. The van der Waals surface area contributed by atoms with Gasteiger partial charge >= 0.3 is 0 Å². The van der Waals surface area contributed by atoms with Crippen molar-refractivity contribution in [2.45, 2.75) is 18.9 Å². The number of hydrogen-bond acceptors (Lipinski definition) is 2. The SMILES string of the molecule is CN(CC1CC(O)C1)C(=O)c1ccc(Cl)cc1Cl. The third-order valence-corrected chi connectivity index (χ3v) is 3.80. The number of carbonyl (C=O) groups excluding carboxylic acids is 1. The summed E-state index contributed by atoms with van der Waals surface area (Å²) in [6, 6.07) is 4.86. The Morgan fingerprint density at radius 3 is 2.67 bits per heavy atom. The molecule has 1 aromatic carbocycles. The molecule has 1 N–H and O–H groups in total. The number of hydrogen-bond donors (Lipinski definition) is 1. The van der Waals surface area contributed by atoms with Gasteiger partial charge in [0.05, 0.1) is 16.7 Å². The zero-order valence-corrected chi connectivity index (χ0v) is 11.6. The van der Waals surface area contributed by atoms with Crippen molar-refractivity contribution in [3.63, 3.8) is 0 Å². The van der Waals surface area contributed by atoms with E-state index in [2.05, 4.69) is 0 Å². The Kier molecular flexibility index (Phi) is 4.15. The Morgan fingerprint density at radius 1 is 1.44 bits per heavy atom. The van der Waals surface area contributed by atoms with Crippen LogP contribution in [0.25, 0.3) is 0 Å². The van der Waals surface area contributed by atoms with Gasteiger partial charge in [-0.2, -0.15) is 0 Å². The van der Waals surface area contributed by atoms with Crippen LogP contribution in [0.5, 0.6) is 0 Å². The van der Waals surface area contributed by atoms with Gasteiger partial charge in [-0.15, -0.1) is 0 Å². The molecule has 98 valence electrons. The largest absolute Gasteiger partial charge is 0.393 e. The maximum Gasteiger partial charge on any atom is 0.255 e. The van der Waals surface area contributed by atoms with E-state index in [4.69, 9.17) is 23.2 Å². The first-order valence-corrected chi connectivity index (χ1v) is 6.61. The van der Waals surface area contributed by atoms with Crippen LogP contribution in [0.1, 0.15) is 23.2 Å². The van der Waals surface area contributed by atoms with Gasteiger partial charge in [-0.05, 0) is 37.0 Å². The van der Waals surface area contributed by atoms with E-state index in [9.17, 15) is 9.90 Å². The summed E-state index contributed by atoms with van der Waals surface area (Å²) in [5.74, 6) is 0.276. The summed E-state index contributed by atoms with van der Waals surface area (Å²) >= 11 is 11.8. The van der Waals surface area contributed by atoms with Gasteiger partial charge in [0.25, 0.3) is 5.91 Å². The van der Waals surface area contributed by atoms with E-state index < -0.39 is 0 Å². The van der Waals surface area contributed by atoms with E-state index in [0.717, 1.165) is 12.8 Å². The summed E-state index contributed by atoms with van der Waals surface area (Å²) in [4.78, 5) is 13.8. The molecule has 1 saturated carbocycles. The quantitative estimate of drug-likeness (QED) is 0.929. The van der Waals surface area contributed by atoms with Gasteiger partial charge in [0.15, 0.2) is 0 Å². The molecule has 1 aliphatic rings. The molecule has 2 rings (SSSR count). The number of aliphatic hydroxyl groups is 1. The average Bonchev–Trinajstić information content (AvgIpc) is 2.26. The standard InChI is InChI=1S/C13H15Cl2NO2/c1-16(7-8-4-10(17)5-8)13(18)11-3-2-9(14)6-12(11)15/h2-3,6,8,10,17H,4-5,7H2,1H3. The third kappa shape index (κ3) is 2.97. The highest BCUT2D eigenvalue weighted by Gasteiger charge is 2.29. The lowest BCUT2D eigenvalue weighted by molar-refractivity contribution is 0.0265. The summed E-state index contributed by atoms with van der Waals surface area (Å²) in [5.41, 5.74) is 0.462. The lowest BCUT2D eigenvalue weighted by Gasteiger charge is -2.34. The van der Waals surface area contributed by atoms with E-state index >= 15 is 0 Å². The Hall–Kier alpha value is -0.770. The van der Waals surface area contributed by atoms with Crippen molar-refractivity contribution in [3.05, 3.63) is 33.8 Å². The number of nitrogens with zero attached hydrogens (tertiary/aromatic N) is 1. The maximum absolute atomic E-state index is 12.2. The average molecular weight is 288 g/mol. The number of benzene rings is 1. The lowest BCUT2D eigenvalue weighted by Crippen LogP contribution is -2.39. The topological polar surface area (TPSA) is 40.5 Å². The molecular weight excluding hydrogens is 273 g/mol. The first-order chi connectivity index (χ1) is 8.47. The van der Waals surface area contributed by atoms with Gasteiger partial charge in [0.2, 0.25) is 0 Å². The number of aliphatic hydroxyl groups excluding tert-OH is 1. The molecule has 0 aromatic heterocycles. The molecule has 0 bridgehead atoms. The summed E-state index contributed by atoms with van der Waals surface area (Å²) in [6.45, 7) is 0.648. The second kappa shape index (κ2) is 5.47. The zero-order valence-electron chi connectivity index (χ0n) is 10.1. The van der Waals surface area contributed by atoms with Crippen LogP contribution < -0.4 is 0 Å². The van der Waals surface area contributed by atoms with Crippen molar-refractivity contribution >= 4 is 29.1 Å². The Bertz CT molecular complexity index is 458. The summed E-state index contributed by atoms with van der Waals surface area (Å²) in [6.07, 6.45) is 1.34. The van der Waals surface area contributed by atoms with Crippen molar-refractivity contribution in [1.82, 2.24) is 4.90 Å². The van der Waals surface area contributed by atoms with Crippen molar-refractivity contribution in [2.75, 3.05) is 13.6 Å². The second-order valence-electron chi connectivity index (χ2n) is 4.80. The summed E-state index contributed by atoms with van der Waals surface area (Å²) in [5, 5.41) is 10.1. The molecule has 1 aliphatic carbocycles. The van der Waals surface area contributed by atoms with Crippen LogP contribution in [0, 0.1) is 5.92 Å². The van der Waals surface area contributed by atoms with E-state index in [1.54, 1.807) is 30.1 Å². The van der Waals surface area contributed by atoms with Crippen LogP contribution in [0.2, 0.25) is 10.0 Å². The monoisotopic (exact) mass is 287 g/mol. The van der Waals surface area contributed by atoms with Crippen molar-refractivity contribution in [1.29, 1.82) is 0 Å². The Balaban J connectivity index is 2.01. The number of rotatable bonds is 3. The van der Waals surface area contributed by atoms with Gasteiger partial charge in [-0.3, -0.25) is 4.79 Å². The van der Waals surface area contributed by atoms with E-state index in [-0.39, 0.29) is 12.0 Å². The fourth-order valence-electron chi connectivity index (χ4n) is 2.19. The molecule has 0 spiro atoms. The Morgan fingerprint density at radius 2 is 2.11 bits per heavy atom. The first-order valence-electron chi connectivity index (χ1n) is 5.86. The molecule has 3 nitrogen and oxygen atoms in total. The lowest BCUT2D eigenvalue weighted by atomic mass is 9.82. The second-order valence-corrected chi connectivity index (χ2v) is 5.64. The number of amides is 1. The maximum atomic E-state index is 12.2. The van der Waals surface area contributed by atoms with E-state index in [1.807, 2.05) is 0 Å². The molecular formula is C13H15Cl2NO2. The molecule has 1 fully saturated rings. The molecule has 0 saturated heterocycles. The van der Waals surface area contributed by atoms with Gasteiger partial charge in [0, 0.05) is 18.6 Å². The van der Waals surface area contributed by atoms with E-state index in [1.165, 1.54) is 0 Å². The Labute approximate surface area is 116 Å². The molecule has 5 heteroatoms. The van der Waals surface area contributed by atoms with Gasteiger partial charge < -0.3 is 10.0 Å². The minimum atomic E-state index is -0.197. The third-order valence-electron chi connectivity index (χ3n) is 3.25. The highest BCUT2D eigenvalue weighted by molar-refractivity contribution is 6.36. The van der Waals surface area contributed by atoms with Crippen molar-refractivity contribution in [3.8, 4) is 0 Å². The van der Waals surface area contributed by atoms with Crippen molar-refractivity contribution in [2.24, 2.45) is 5.92 Å². The smallest absolute Gasteiger partial charge is 0.255 e. The van der Waals surface area contributed by atoms with Gasteiger partial charge in [0.1, 0.15) is 0 Å². The molecule has 0 atom stereocenters. The minimum Gasteiger partial charge on any atom is -0.393 e. The van der Waals surface area contributed by atoms with Crippen LogP contribution in [0.3, 0.4) is 0 Å². The predicted molar refractivity (Wildman–Crippen MR) is 72.2 cm³/mol. The summed E-state index contributed by atoms with van der Waals surface area (Å²) < 4.78 is 0. The van der Waals surface area contributed by atoms with Gasteiger partial charge in [-0.25, -0.2) is 0 Å². The molecule has 1 amide bonds. The van der Waals surface area contributed by atoms with Crippen LogP contribution in [0.4, 0.5) is 0 Å². The minimum absolute atomic E-state index is 0.113. The number of carbonyl (C=O) groups is 1. The fourth-order valence-corrected chi connectivity index (χ4v) is 2.68. The zero-order chi connectivity index (χ0) is 13.3. The van der Waals surface area contributed by atoms with Crippen LogP contribution in [0.15, 0.2) is 18.2 Å². The molecule has 0 heterocycles. The van der Waals surface area contributed by atoms with E-state index in [0.29, 0.717) is 28.1 Å². The highest BCUT2D eigenvalue weighted by atomic mass is 35.5. The first kappa shape index (κ1) is 13.7. The highest BCUT2D eigenvalue weighted by Crippen LogP contribution is 2.28. The molecule has 0 aliphatic heterocycles. The molecule has 18 heavy (non-hydrogen) atoms. The summed E-state index contributed by atoms with van der Waals surface area (Å²) in [7, 11) is 1.75. The number of halogens is 2. The van der Waals surface area contributed by atoms with Crippen molar-refractivity contribution < 1.29 is 9.90 Å². The predicted octanol–water partition coefficient (Wildman–Crippen LogP) is 2.84. The van der Waals surface area contributed by atoms with Gasteiger partial charge in [-0.1, -0.05) is 23.2 Å².